The van der Waals surface area contributed by atoms with Gasteiger partial charge in [-0.2, -0.15) is 0 Å². The highest BCUT2D eigenvalue weighted by molar-refractivity contribution is 6.38. The Labute approximate surface area is 107 Å². The standard InChI is InChI=1S/C12H18Cl2N2/c1-3-5-16(2)6-4-9-7-10(13)12(15)11(14)8-9/h7-8H,3-6,15H2,1-2H3. The summed E-state index contributed by atoms with van der Waals surface area (Å²) in [6, 6.07) is 3.78. The number of anilines is 1. The molecule has 1 rings (SSSR count). The largest absolute Gasteiger partial charge is 0.396 e. The summed E-state index contributed by atoms with van der Waals surface area (Å²) in [5, 5.41) is 1.08. The number of halogens is 2. The second-order valence-electron chi connectivity index (χ2n) is 4.03. The zero-order valence-corrected chi connectivity index (χ0v) is 11.3. The van der Waals surface area contributed by atoms with Crippen molar-refractivity contribution >= 4 is 28.9 Å². The van der Waals surface area contributed by atoms with E-state index in [2.05, 4.69) is 18.9 Å². The van der Waals surface area contributed by atoms with Crippen LogP contribution in [-0.4, -0.2) is 25.0 Å². The Hall–Kier alpha value is -0.440. The lowest BCUT2D eigenvalue weighted by atomic mass is 10.1. The van der Waals surface area contributed by atoms with Gasteiger partial charge in [0, 0.05) is 6.54 Å². The summed E-state index contributed by atoms with van der Waals surface area (Å²) in [5.74, 6) is 0. The number of benzene rings is 1. The Kier molecular flexibility index (Phi) is 5.39. The van der Waals surface area contributed by atoms with Crippen LogP contribution in [0.15, 0.2) is 12.1 Å². The molecular weight excluding hydrogens is 243 g/mol. The maximum Gasteiger partial charge on any atom is 0.0693 e. The molecule has 0 aliphatic heterocycles. The highest BCUT2D eigenvalue weighted by Gasteiger charge is 2.05. The van der Waals surface area contributed by atoms with Crippen LogP contribution in [0.4, 0.5) is 5.69 Å². The molecule has 0 saturated carbocycles. The predicted octanol–water partition coefficient (Wildman–Crippen LogP) is 3.46. The molecule has 1 aromatic rings. The fourth-order valence-corrected chi connectivity index (χ4v) is 2.13. The normalized spacial score (nSPS) is 11.1. The summed E-state index contributed by atoms with van der Waals surface area (Å²) in [6.45, 7) is 4.29. The molecule has 0 bridgehead atoms. The summed E-state index contributed by atoms with van der Waals surface area (Å²) < 4.78 is 0. The molecule has 0 saturated heterocycles. The van der Waals surface area contributed by atoms with Gasteiger partial charge in [0.1, 0.15) is 0 Å². The van der Waals surface area contributed by atoms with E-state index in [0.29, 0.717) is 15.7 Å². The van der Waals surface area contributed by atoms with E-state index < -0.39 is 0 Å². The quantitative estimate of drug-likeness (QED) is 0.822. The second-order valence-corrected chi connectivity index (χ2v) is 4.84. The van der Waals surface area contributed by atoms with Gasteiger partial charge in [0.2, 0.25) is 0 Å². The maximum atomic E-state index is 5.97. The van der Waals surface area contributed by atoms with Crippen molar-refractivity contribution in [1.29, 1.82) is 0 Å². The van der Waals surface area contributed by atoms with Gasteiger partial charge in [-0.3, -0.25) is 0 Å². The molecule has 0 radical (unpaired) electrons. The van der Waals surface area contributed by atoms with Crippen molar-refractivity contribution in [1.82, 2.24) is 4.90 Å². The molecule has 0 aliphatic carbocycles. The van der Waals surface area contributed by atoms with Crippen LogP contribution in [0, 0.1) is 0 Å². The highest BCUT2D eigenvalue weighted by Crippen LogP contribution is 2.28. The van der Waals surface area contributed by atoms with Gasteiger partial charge in [0.05, 0.1) is 15.7 Å². The van der Waals surface area contributed by atoms with E-state index in [9.17, 15) is 0 Å². The summed E-state index contributed by atoms with van der Waals surface area (Å²) in [6.07, 6.45) is 2.11. The summed E-state index contributed by atoms with van der Waals surface area (Å²) in [7, 11) is 2.12. The zero-order chi connectivity index (χ0) is 12.1. The average molecular weight is 261 g/mol. The van der Waals surface area contributed by atoms with Crippen LogP contribution in [0.3, 0.4) is 0 Å². The number of hydrogen-bond donors (Lipinski definition) is 1. The smallest absolute Gasteiger partial charge is 0.0693 e. The molecule has 0 atom stereocenters. The van der Waals surface area contributed by atoms with Crippen LogP contribution in [0.1, 0.15) is 18.9 Å². The Morgan fingerprint density at radius 2 is 1.75 bits per heavy atom. The minimum absolute atomic E-state index is 0.467. The van der Waals surface area contributed by atoms with Crippen molar-refractivity contribution in [3.8, 4) is 0 Å². The first kappa shape index (κ1) is 13.6. The van der Waals surface area contributed by atoms with Gasteiger partial charge in [-0.1, -0.05) is 30.1 Å². The molecule has 0 spiro atoms. The molecule has 4 heteroatoms. The van der Waals surface area contributed by atoms with E-state index in [1.807, 2.05) is 12.1 Å². The number of nitrogen functional groups attached to an aromatic ring is 1. The second kappa shape index (κ2) is 6.33. The number of hydrogen-bond acceptors (Lipinski definition) is 2. The van der Waals surface area contributed by atoms with Crippen LogP contribution in [0.2, 0.25) is 10.0 Å². The molecular formula is C12H18Cl2N2. The molecule has 0 amide bonds. The van der Waals surface area contributed by atoms with Crippen LogP contribution in [0.5, 0.6) is 0 Å². The van der Waals surface area contributed by atoms with Crippen molar-refractivity contribution in [2.24, 2.45) is 0 Å². The zero-order valence-electron chi connectivity index (χ0n) is 9.76. The van der Waals surface area contributed by atoms with Gasteiger partial charge in [-0.25, -0.2) is 0 Å². The number of likely N-dealkylation sites (N-methyl/N-ethyl adjacent to an activating group) is 1. The molecule has 1 aromatic carbocycles. The first-order chi connectivity index (χ1) is 7.54. The molecule has 0 fully saturated rings. The van der Waals surface area contributed by atoms with Crippen molar-refractivity contribution in [3.63, 3.8) is 0 Å². The molecule has 2 N–H and O–H groups in total. The summed E-state index contributed by atoms with van der Waals surface area (Å²) in [4.78, 5) is 2.29. The minimum atomic E-state index is 0.467. The Bertz CT molecular complexity index is 330. The van der Waals surface area contributed by atoms with Crippen molar-refractivity contribution in [3.05, 3.63) is 27.7 Å². The monoisotopic (exact) mass is 260 g/mol. The summed E-state index contributed by atoms with van der Waals surface area (Å²) in [5.41, 5.74) is 7.28. The molecule has 2 nitrogen and oxygen atoms in total. The number of rotatable bonds is 5. The average Bonchev–Trinajstić information content (AvgIpc) is 2.23. The van der Waals surface area contributed by atoms with Crippen LogP contribution < -0.4 is 5.73 Å². The van der Waals surface area contributed by atoms with E-state index in [1.54, 1.807) is 0 Å². The lowest BCUT2D eigenvalue weighted by Crippen LogP contribution is -2.21. The van der Waals surface area contributed by atoms with E-state index in [0.717, 1.165) is 25.1 Å². The van der Waals surface area contributed by atoms with Crippen molar-refractivity contribution in [2.75, 3.05) is 25.9 Å². The SMILES string of the molecule is CCCN(C)CCc1cc(Cl)c(N)c(Cl)c1. The molecule has 0 heterocycles. The lowest BCUT2D eigenvalue weighted by molar-refractivity contribution is 0.339. The topological polar surface area (TPSA) is 29.3 Å². The van der Waals surface area contributed by atoms with Crippen LogP contribution in [-0.2, 0) is 6.42 Å². The fourth-order valence-electron chi connectivity index (χ4n) is 1.59. The molecule has 0 aliphatic rings. The van der Waals surface area contributed by atoms with Crippen LogP contribution in [0.25, 0.3) is 0 Å². The number of nitrogens with two attached hydrogens (primary N) is 1. The van der Waals surface area contributed by atoms with E-state index in [-0.39, 0.29) is 0 Å². The van der Waals surface area contributed by atoms with Crippen molar-refractivity contribution < 1.29 is 0 Å². The Morgan fingerprint density at radius 3 is 2.25 bits per heavy atom. The summed E-state index contributed by atoms with van der Waals surface area (Å²) >= 11 is 11.9. The third-order valence-electron chi connectivity index (χ3n) is 2.53. The molecule has 0 aromatic heterocycles. The van der Waals surface area contributed by atoms with E-state index >= 15 is 0 Å². The first-order valence-electron chi connectivity index (χ1n) is 5.46. The highest BCUT2D eigenvalue weighted by atomic mass is 35.5. The van der Waals surface area contributed by atoms with Crippen LogP contribution >= 0.6 is 23.2 Å². The minimum Gasteiger partial charge on any atom is -0.396 e. The Balaban J connectivity index is 2.61. The predicted molar refractivity (Wildman–Crippen MR) is 72.4 cm³/mol. The molecule has 0 unspecified atom stereocenters. The van der Waals surface area contributed by atoms with E-state index in [4.69, 9.17) is 28.9 Å². The van der Waals surface area contributed by atoms with Gasteiger partial charge < -0.3 is 10.6 Å². The number of nitrogens with zero attached hydrogens (tertiary/aromatic N) is 1. The third-order valence-corrected chi connectivity index (χ3v) is 3.15. The molecule has 90 valence electrons. The maximum absolute atomic E-state index is 5.97. The van der Waals surface area contributed by atoms with E-state index in [1.165, 1.54) is 6.42 Å². The fraction of sp³-hybridized carbons (Fsp3) is 0.500. The first-order valence-corrected chi connectivity index (χ1v) is 6.22. The van der Waals surface area contributed by atoms with Gasteiger partial charge >= 0.3 is 0 Å². The van der Waals surface area contributed by atoms with Crippen molar-refractivity contribution in [2.45, 2.75) is 19.8 Å². The Morgan fingerprint density at radius 1 is 1.19 bits per heavy atom. The van der Waals surface area contributed by atoms with Gasteiger partial charge in [-0.05, 0) is 44.1 Å². The lowest BCUT2D eigenvalue weighted by Gasteiger charge is -2.15. The molecule has 16 heavy (non-hydrogen) atoms. The third kappa shape index (κ3) is 3.85. The van der Waals surface area contributed by atoms with Gasteiger partial charge in [0.15, 0.2) is 0 Å². The van der Waals surface area contributed by atoms with Gasteiger partial charge in [0.25, 0.3) is 0 Å². The van der Waals surface area contributed by atoms with Gasteiger partial charge in [-0.15, -0.1) is 0 Å².